The number of aliphatic hydroxyl groups excluding tert-OH is 1. The van der Waals surface area contributed by atoms with Gasteiger partial charge in [-0.1, -0.05) is 30.3 Å². The van der Waals surface area contributed by atoms with E-state index in [2.05, 4.69) is 15.9 Å². The third-order valence-electron chi connectivity index (χ3n) is 5.57. The van der Waals surface area contributed by atoms with Crippen LogP contribution in [0.3, 0.4) is 0 Å². The average Bonchev–Trinajstić information content (AvgIpc) is 2.86. The first-order valence-electron chi connectivity index (χ1n) is 11.2. The quantitative estimate of drug-likeness (QED) is 0.338. The van der Waals surface area contributed by atoms with Gasteiger partial charge in [0.2, 0.25) is 5.78 Å². The van der Waals surface area contributed by atoms with Gasteiger partial charge in [0.15, 0.2) is 6.61 Å². The predicted molar refractivity (Wildman–Crippen MR) is 137 cm³/mol. The molecule has 0 spiro atoms. The number of halogens is 1. The summed E-state index contributed by atoms with van der Waals surface area (Å²) in [5.41, 5.74) is 2.14. The first-order chi connectivity index (χ1) is 16.8. The van der Waals surface area contributed by atoms with Gasteiger partial charge >= 0.3 is 0 Å². The number of methoxy groups -OCH3 is 1. The first kappa shape index (κ1) is 24.8. The molecule has 3 aromatic carbocycles. The minimum Gasteiger partial charge on any atom is -0.495 e. The normalized spacial score (nSPS) is 13.5. The van der Waals surface area contributed by atoms with Crippen molar-refractivity contribution in [2.75, 3.05) is 13.7 Å². The Morgan fingerprint density at radius 2 is 1.83 bits per heavy atom. The molecule has 1 aliphatic heterocycles. The molecule has 0 aliphatic carbocycles. The Hall–Kier alpha value is -3.29. The van der Waals surface area contributed by atoms with Crippen LogP contribution in [0, 0.1) is 0 Å². The molecule has 0 bridgehead atoms. The van der Waals surface area contributed by atoms with E-state index in [4.69, 9.17) is 18.9 Å². The summed E-state index contributed by atoms with van der Waals surface area (Å²) in [5, 5.41) is 9.85. The van der Waals surface area contributed by atoms with Crippen LogP contribution in [0.4, 0.5) is 0 Å². The molecule has 1 heterocycles. The van der Waals surface area contributed by atoms with Gasteiger partial charge < -0.3 is 24.1 Å². The number of carbonyl (C=O) groups excluding carboxylic acids is 1. The highest BCUT2D eigenvalue weighted by atomic mass is 79.9. The van der Waals surface area contributed by atoms with Crippen molar-refractivity contribution in [2.45, 2.75) is 32.7 Å². The maximum atomic E-state index is 13.3. The number of aliphatic hydroxyl groups is 1. The molecular weight excluding hydrogens is 512 g/mol. The lowest BCUT2D eigenvalue weighted by Gasteiger charge is -2.29. The Balaban J connectivity index is 1.59. The molecule has 0 amide bonds. The fourth-order valence-corrected chi connectivity index (χ4v) is 4.25. The summed E-state index contributed by atoms with van der Waals surface area (Å²) in [6.07, 6.45) is 3.82. The van der Waals surface area contributed by atoms with E-state index in [-0.39, 0.29) is 19.0 Å². The van der Waals surface area contributed by atoms with Gasteiger partial charge in [0, 0.05) is 11.6 Å². The zero-order valence-corrected chi connectivity index (χ0v) is 21.4. The highest BCUT2D eigenvalue weighted by molar-refractivity contribution is 9.10. The van der Waals surface area contributed by atoms with Crippen molar-refractivity contribution in [1.29, 1.82) is 0 Å². The van der Waals surface area contributed by atoms with Crippen molar-refractivity contribution in [3.63, 3.8) is 0 Å². The van der Waals surface area contributed by atoms with Crippen LogP contribution in [0.25, 0.3) is 6.08 Å². The summed E-state index contributed by atoms with van der Waals surface area (Å²) in [6, 6.07) is 16.6. The van der Waals surface area contributed by atoms with E-state index in [1.165, 1.54) is 0 Å². The molecule has 0 saturated carbocycles. The Bertz CT molecular complexity index is 1250. The van der Waals surface area contributed by atoms with Crippen LogP contribution in [-0.4, -0.2) is 30.2 Å². The second kappa shape index (κ2) is 10.5. The average molecular weight is 539 g/mol. The zero-order valence-electron chi connectivity index (χ0n) is 19.8. The lowest BCUT2D eigenvalue weighted by molar-refractivity contribution is 0.0913. The van der Waals surface area contributed by atoms with E-state index in [0.717, 1.165) is 5.56 Å². The van der Waals surface area contributed by atoms with Crippen molar-refractivity contribution in [1.82, 2.24) is 0 Å². The molecule has 1 N–H and O–H groups in total. The van der Waals surface area contributed by atoms with Gasteiger partial charge in [-0.05, 0) is 65.7 Å². The van der Waals surface area contributed by atoms with Gasteiger partial charge in [0.05, 0.1) is 29.3 Å². The lowest BCUT2D eigenvalue weighted by Crippen LogP contribution is -2.27. The molecule has 4 rings (SSSR count). The smallest absolute Gasteiger partial charge is 0.203 e. The van der Waals surface area contributed by atoms with Crippen LogP contribution in [-0.2, 0) is 13.2 Å². The van der Waals surface area contributed by atoms with Crippen LogP contribution in [0.1, 0.15) is 40.9 Å². The fraction of sp³-hybridized carbons (Fsp3) is 0.250. The number of hydrogen-bond acceptors (Lipinski definition) is 6. The fourth-order valence-electron chi connectivity index (χ4n) is 3.75. The maximum Gasteiger partial charge on any atom is 0.203 e. The zero-order chi connectivity index (χ0) is 25.0. The van der Waals surface area contributed by atoms with Gasteiger partial charge in [0.25, 0.3) is 0 Å². The van der Waals surface area contributed by atoms with E-state index < -0.39 is 5.60 Å². The highest BCUT2D eigenvalue weighted by Gasteiger charge is 2.26. The molecule has 0 aromatic heterocycles. The lowest BCUT2D eigenvalue weighted by atomic mass is 9.99. The van der Waals surface area contributed by atoms with E-state index in [1.807, 2.05) is 56.3 Å². The van der Waals surface area contributed by atoms with E-state index >= 15 is 0 Å². The number of ketones is 1. The molecule has 7 heteroatoms. The summed E-state index contributed by atoms with van der Waals surface area (Å²) >= 11 is 3.45. The van der Waals surface area contributed by atoms with Gasteiger partial charge in [-0.3, -0.25) is 4.79 Å². The molecular formula is C28H27BrO6. The number of Topliss-reactive ketones (excluding diaryl/α,β-unsaturated/α-hetero) is 1. The number of hydrogen-bond donors (Lipinski definition) is 1. The van der Waals surface area contributed by atoms with Gasteiger partial charge in [0.1, 0.15) is 35.2 Å². The molecule has 35 heavy (non-hydrogen) atoms. The molecule has 0 fully saturated rings. The van der Waals surface area contributed by atoms with E-state index in [1.54, 1.807) is 31.4 Å². The Morgan fingerprint density at radius 3 is 2.54 bits per heavy atom. The van der Waals surface area contributed by atoms with Crippen molar-refractivity contribution in [3.8, 4) is 23.0 Å². The monoisotopic (exact) mass is 538 g/mol. The van der Waals surface area contributed by atoms with Crippen LogP contribution in [0.5, 0.6) is 23.0 Å². The van der Waals surface area contributed by atoms with Crippen LogP contribution in [0.2, 0.25) is 0 Å². The minimum absolute atomic E-state index is 0.229. The van der Waals surface area contributed by atoms with Crippen LogP contribution < -0.4 is 18.9 Å². The van der Waals surface area contributed by atoms with E-state index in [0.29, 0.717) is 50.8 Å². The molecule has 0 atom stereocenters. The third kappa shape index (κ3) is 5.69. The maximum absolute atomic E-state index is 13.3. The van der Waals surface area contributed by atoms with Crippen molar-refractivity contribution >= 4 is 27.8 Å². The number of benzene rings is 3. The second-order valence-corrected chi connectivity index (χ2v) is 9.49. The number of ether oxygens (including phenoxy) is 4. The number of fused-ring (bicyclic) bond motifs is 1. The summed E-state index contributed by atoms with van der Waals surface area (Å²) in [4.78, 5) is 13.3. The third-order valence-corrected chi connectivity index (χ3v) is 6.19. The van der Waals surface area contributed by atoms with Crippen molar-refractivity contribution in [2.24, 2.45) is 0 Å². The minimum atomic E-state index is -0.457. The molecule has 182 valence electrons. The largest absolute Gasteiger partial charge is 0.495 e. The molecule has 0 radical (unpaired) electrons. The summed E-state index contributed by atoms with van der Waals surface area (Å²) < 4.78 is 24.0. The number of carbonyl (C=O) groups is 1. The SMILES string of the molecule is COc1cc(OCc2ccccc2)c(C(=O)COc2c(CO)ccc3c2C=CC(C)(C)O3)cc1Br. The van der Waals surface area contributed by atoms with Gasteiger partial charge in [-0.25, -0.2) is 0 Å². The van der Waals surface area contributed by atoms with Crippen molar-refractivity contribution < 1.29 is 28.8 Å². The first-order valence-corrected chi connectivity index (χ1v) is 12.0. The predicted octanol–water partition coefficient (Wildman–Crippen LogP) is 5.97. The Morgan fingerprint density at radius 1 is 1.06 bits per heavy atom. The second-order valence-electron chi connectivity index (χ2n) is 8.63. The summed E-state index contributed by atoms with van der Waals surface area (Å²) in [7, 11) is 1.55. The van der Waals surface area contributed by atoms with Gasteiger partial charge in [-0.2, -0.15) is 0 Å². The topological polar surface area (TPSA) is 74.2 Å². The summed E-state index contributed by atoms with van der Waals surface area (Å²) in [5.74, 6) is 1.72. The summed E-state index contributed by atoms with van der Waals surface area (Å²) in [6.45, 7) is 3.73. The molecule has 3 aromatic rings. The highest BCUT2D eigenvalue weighted by Crippen LogP contribution is 2.39. The Kier molecular flexibility index (Phi) is 7.48. The van der Waals surface area contributed by atoms with Crippen molar-refractivity contribution in [3.05, 3.63) is 87.4 Å². The molecule has 1 aliphatic rings. The molecule has 0 saturated heterocycles. The Labute approximate surface area is 213 Å². The molecule has 6 nitrogen and oxygen atoms in total. The standard InChI is InChI=1S/C28H27BrO6/c1-28(2)12-11-20-24(35-28)10-9-19(15-30)27(20)34-17-23(31)21-13-22(29)26(32-3)14-25(21)33-16-18-7-5-4-6-8-18/h4-14,30H,15-17H2,1-3H3. The number of rotatable bonds is 9. The van der Waals surface area contributed by atoms with Crippen LogP contribution >= 0.6 is 15.9 Å². The van der Waals surface area contributed by atoms with Crippen LogP contribution in [0.15, 0.2) is 65.1 Å². The van der Waals surface area contributed by atoms with Gasteiger partial charge in [-0.15, -0.1) is 0 Å². The van der Waals surface area contributed by atoms with E-state index in [9.17, 15) is 9.90 Å². The molecule has 0 unspecified atom stereocenters.